The molecule has 50 valence electrons. The van der Waals surface area contributed by atoms with E-state index in [-0.39, 0.29) is 0 Å². The minimum absolute atomic E-state index is 0.541. The van der Waals surface area contributed by atoms with Crippen LogP contribution in [0, 0.1) is 5.92 Å². The van der Waals surface area contributed by atoms with Crippen molar-refractivity contribution in [2.75, 3.05) is 0 Å². The largest absolute Gasteiger partial charge is 0.467 e. The summed E-state index contributed by atoms with van der Waals surface area (Å²) in [4.78, 5) is 0. The second-order valence-corrected chi connectivity index (χ2v) is 2.52. The number of allylic oxidation sites excluding steroid dienone is 4. The van der Waals surface area contributed by atoms with Gasteiger partial charge in [-0.3, -0.25) is 0 Å². The van der Waals surface area contributed by atoms with Crippen LogP contribution in [0.3, 0.4) is 0 Å². The quantitative estimate of drug-likeness (QED) is 0.482. The smallest absolute Gasteiger partial charge is 0.0971 e. The van der Waals surface area contributed by atoms with Crippen molar-refractivity contribution < 1.29 is 4.74 Å². The summed E-state index contributed by atoms with van der Waals surface area (Å²) < 4.78 is 5.28. The van der Waals surface area contributed by atoms with E-state index >= 15 is 0 Å². The summed E-state index contributed by atoms with van der Waals surface area (Å²) in [5.41, 5.74) is 0. The highest BCUT2D eigenvalue weighted by Crippen LogP contribution is 2.17. The maximum absolute atomic E-state index is 5.28. The van der Waals surface area contributed by atoms with Crippen LogP contribution in [0.4, 0.5) is 0 Å². The Hall–Kier alpha value is -0.720. The van der Waals surface area contributed by atoms with Gasteiger partial charge in [-0.05, 0) is 31.9 Å². The molecule has 0 spiro atoms. The Bertz CT molecular complexity index is 147. The first kappa shape index (κ1) is 6.40. The van der Waals surface area contributed by atoms with Gasteiger partial charge in [0.2, 0.25) is 0 Å². The van der Waals surface area contributed by atoms with Crippen LogP contribution in [-0.2, 0) is 4.74 Å². The van der Waals surface area contributed by atoms with Crippen molar-refractivity contribution in [1.82, 2.24) is 0 Å². The number of hydrogen-bond acceptors (Lipinski definition) is 1. The molecule has 1 heteroatoms. The molecule has 0 N–H and O–H groups in total. The first-order valence-electron chi connectivity index (χ1n) is 3.23. The van der Waals surface area contributed by atoms with E-state index in [1.807, 2.05) is 13.8 Å². The van der Waals surface area contributed by atoms with Crippen LogP contribution in [0.15, 0.2) is 23.7 Å². The van der Waals surface area contributed by atoms with E-state index < -0.39 is 0 Å². The molecular weight excluding hydrogens is 112 g/mol. The number of rotatable bonds is 0. The first-order chi connectivity index (χ1) is 4.18. The highest BCUT2D eigenvalue weighted by Gasteiger charge is 2.04. The predicted molar refractivity (Wildman–Crippen MR) is 37.8 cm³/mol. The molecule has 1 nitrogen and oxygen atoms in total. The third-order valence-corrected chi connectivity index (χ3v) is 1.32. The van der Waals surface area contributed by atoms with Crippen molar-refractivity contribution in [3.63, 3.8) is 0 Å². The first-order valence-corrected chi connectivity index (χ1v) is 3.23. The lowest BCUT2D eigenvalue weighted by Crippen LogP contribution is -1.98. The van der Waals surface area contributed by atoms with Gasteiger partial charge in [0.25, 0.3) is 0 Å². The maximum Gasteiger partial charge on any atom is 0.0971 e. The second kappa shape index (κ2) is 2.26. The average Bonchev–Trinajstić information content (AvgIpc) is 1.59. The fraction of sp³-hybridized carbons (Fsp3) is 0.500. The van der Waals surface area contributed by atoms with Gasteiger partial charge in [0, 0.05) is 0 Å². The van der Waals surface area contributed by atoms with Crippen LogP contribution >= 0.6 is 0 Å². The van der Waals surface area contributed by atoms with Crippen molar-refractivity contribution in [2.24, 2.45) is 5.92 Å². The summed E-state index contributed by atoms with van der Waals surface area (Å²) in [5, 5.41) is 0. The third-order valence-electron chi connectivity index (χ3n) is 1.32. The van der Waals surface area contributed by atoms with Crippen molar-refractivity contribution in [2.45, 2.75) is 20.8 Å². The zero-order valence-corrected chi connectivity index (χ0v) is 6.14. The third kappa shape index (κ3) is 1.60. The molecule has 0 bridgehead atoms. The lowest BCUT2D eigenvalue weighted by atomic mass is 10.1. The standard InChI is InChI=1S/C8H12O/c1-6-4-7(2)9-8(3)5-6/h4-6H,1-3H3. The van der Waals surface area contributed by atoms with Gasteiger partial charge < -0.3 is 4.74 Å². The molecule has 0 saturated heterocycles. The van der Waals surface area contributed by atoms with Gasteiger partial charge in [0.15, 0.2) is 0 Å². The van der Waals surface area contributed by atoms with E-state index in [1.54, 1.807) is 0 Å². The molecule has 1 aliphatic heterocycles. The zero-order chi connectivity index (χ0) is 6.85. The van der Waals surface area contributed by atoms with Crippen LogP contribution in [0.25, 0.3) is 0 Å². The molecule has 0 aromatic heterocycles. The fourth-order valence-corrected chi connectivity index (χ4v) is 1.11. The maximum atomic E-state index is 5.28. The van der Waals surface area contributed by atoms with E-state index in [1.165, 1.54) is 0 Å². The Morgan fingerprint density at radius 3 is 2.00 bits per heavy atom. The Labute approximate surface area is 56.0 Å². The molecule has 1 heterocycles. The number of hydrogen-bond donors (Lipinski definition) is 0. The molecule has 1 aliphatic rings. The molecule has 0 amide bonds. The van der Waals surface area contributed by atoms with Crippen LogP contribution < -0.4 is 0 Å². The molecule has 0 atom stereocenters. The van der Waals surface area contributed by atoms with E-state index in [9.17, 15) is 0 Å². The molecule has 0 unspecified atom stereocenters. The summed E-state index contributed by atoms with van der Waals surface area (Å²) in [6, 6.07) is 0. The molecule has 9 heavy (non-hydrogen) atoms. The Morgan fingerprint density at radius 1 is 1.22 bits per heavy atom. The van der Waals surface area contributed by atoms with E-state index in [0.29, 0.717) is 5.92 Å². The molecule has 0 fully saturated rings. The summed E-state index contributed by atoms with van der Waals surface area (Å²) in [6.07, 6.45) is 4.21. The van der Waals surface area contributed by atoms with Crippen molar-refractivity contribution >= 4 is 0 Å². The second-order valence-electron chi connectivity index (χ2n) is 2.52. The fourth-order valence-electron chi connectivity index (χ4n) is 1.11. The van der Waals surface area contributed by atoms with Gasteiger partial charge in [-0.25, -0.2) is 0 Å². The molecule has 0 radical (unpaired) electrons. The van der Waals surface area contributed by atoms with Gasteiger partial charge in [-0.15, -0.1) is 0 Å². The molecular formula is C8H12O. The average molecular weight is 124 g/mol. The van der Waals surface area contributed by atoms with E-state index in [2.05, 4.69) is 19.1 Å². The van der Waals surface area contributed by atoms with Gasteiger partial charge >= 0.3 is 0 Å². The topological polar surface area (TPSA) is 9.23 Å². The minimum Gasteiger partial charge on any atom is -0.467 e. The van der Waals surface area contributed by atoms with Crippen LogP contribution in [0.1, 0.15) is 20.8 Å². The van der Waals surface area contributed by atoms with E-state index in [4.69, 9.17) is 4.74 Å². The molecule has 0 aromatic carbocycles. The van der Waals surface area contributed by atoms with E-state index in [0.717, 1.165) is 11.5 Å². The van der Waals surface area contributed by atoms with Gasteiger partial charge in [-0.2, -0.15) is 0 Å². The van der Waals surface area contributed by atoms with Gasteiger partial charge in [-0.1, -0.05) is 6.92 Å². The van der Waals surface area contributed by atoms with Crippen molar-refractivity contribution in [3.8, 4) is 0 Å². The minimum atomic E-state index is 0.541. The molecule has 0 aliphatic carbocycles. The van der Waals surface area contributed by atoms with Gasteiger partial charge in [0.1, 0.15) is 0 Å². The zero-order valence-electron chi connectivity index (χ0n) is 6.14. The Kier molecular flexibility index (Phi) is 1.60. The highest BCUT2D eigenvalue weighted by atomic mass is 16.5. The van der Waals surface area contributed by atoms with Crippen LogP contribution in [-0.4, -0.2) is 0 Å². The van der Waals surface area contributed by atoms with Crippen molar-refractivity contribution in [1.29, 1.82) is 0 Å². The van der Waals surface area contributed by atoms with Crippen LogP contribution in [0.2, 0.25) is 0 Å². The van der Waals surface area contributed by atoms with Gasteiger partial charge in [0.05, 0.1) is 11.5 Å². The molecule has 0 aromatic rings. The molecule has 0 saturated carbocycles. The Morgan fingerprint density at radius 2 is 1.67 bits per heavy atom. The normalized spacial score (nSPS) is 20.3. The lowest BCUT2D eigenvalue weighted by Gasteiger charge is -2.13. The predicted octanol–water partition coefficient (Wildman–Crippen LogP) is 2.46. The summed E-state index contributed by atoms with van der Waals surface area (Å²) >= 11 is 0. The SMILES string of the molecule is CC1=CC(C)C=C(C)O1. The monoisotopic (exact) mass is 124 g/mol. The Balaban J connectivity index is 2.69. The summed E-state index contributed by atoms with van der Waals surface area (Å²) in [6.45, 7) is 6.11. The van der Waals surface area contributed by atoms with Crippen LogP contribution in [0.5, 0.6) is 0 Å². The highest BCUT2D eigenvalue weighted by molar-refractivity contribution is 5.10. The summed E-state index contributed by atoms with van der Waals surface area (Å²) in [5.74, 6) is 2.57. The number of ether oxygens (including phenoxy) is 1. The van der Waals surface area contributed by atoms with Crippen molar-refractivity contribution in [3.05, 3.63) is 23.7 Å². The summed E-state index contributed by atoms with van der Waals surface area (Å²) in [7, 11) is 0. The molecule has 1 rings (SSSR count). The lowest BCUT2D eigenvalue weighted by molar-refractivity contribution is 0.293.